The zero-order chi connectivity index (χ0) is 19.9. The van der Waals surface area contributed by atoms with E-state index in [2.05, 4.69) is 26.6 Å². The van der Waals surface area contributed by atoms with Gasteiger partial charge in [-0.05, 0) is 44.4 Å². The van der Waals surface area contributed by atoms with E-state index in [0.717, 1.165) is 41.6 Å². The molecule has 1 fully saturated rings. The summed E-state index contributed by atoms with van der Waals surface area (Å²) in [7, 11) is 0. The maximum atomic E-state index is 12.8. The number of nitrogens with one attached hydrogen (secondary N) is 2. The second-order valence-corrected chi connectivity index (χ2v) is 8.24. The predicted molar refractivity (Wildman–Crippen MR) is 114 cm³/mol. The number of carbonyl (C=O) groups is 2. The van der Waals surface area contributed by atoms with Gasteiger partial charge in [0.1, 0.15) is 6.04 Å². The zero-order valence-corrected chi connectivity index (χ0v) is 17.3. The topological polar surface area (TPSA) is 74.3 Å². The van der Waals surface area contributed by atoms with Gasteiger partial charge in [-0.15, -0.1) is 11.3 Å². The maximum absolute atomic E-state index is 12.8. The highest BCUT2D eigenvalue weighted by Crippen LogP contribution is 2.23. The highest BCUT2D eigenvalue weighted by molar-refractivity contribution is 7.09. The molecule has 28 heavy (non-hydrogen) atoms. The molecular formula is C21H28N4O2S. The van der Waals surface area contributed by atoms with Crippen LogP contribution in [0.25, 0.3) is 0 Å². The largest absolute Gasteiger partial charge is 0.371 e. The van der Waals surface area contributed by atoms with Gasteiger partial charge in [0.05, 0.1) is 17.1 Å². The zero-order valence-electron chi connectivity index (χ0n) is 16.5. The molecule has 0 bridgehead atoms. The molecule has 1 saturated heterocycles. The summed E-state index contributed by atoms with van der Waals surface area (Å²) in [4.78, 5) is 31.8. The lowest BCUT2D eigenvalue weighted by Gasteiger charge is -2.20. The van der Waals surface area contributed by atoms with Crippen LogP contribution in [-0.4, -0.2) is 35.9 Å². The molecule has 1 atom stereocenters. The van der Waals surface area contributed by atoms with Crippen LogP contribution >= 0.6 is 11.3 Å². The number of carbonyl (C=O) groups excluding carboxylic acids is 2. The number of hydrogen-bond donors (Lipinski definition) is 2. The van der Waals surface area contributed by atoms with E-state index in [0.29, 0.717) is 6.42 Å². The molecule has 1 aliphatic rings. The average Bonchev–Trinajstić information content (AvgIpc) is 3.33. The third-order valence-corrected chi connectivity index (χ3v) is 5.64. The van der Waals surface area contributed by atoms with Gasteiger partial charge in [-0.25, -0.2) is 4.98 Å². The molecule has 1 unspecified atom stereocenters. The SMILES string of the molecule is CCCC(NC(=O)Cc1csc(C)n1)C(=O)Nc1cccc(N2CCCC2)c1. The lowest BCUT2D eigenvalue weighted by atomic mass is 10.1. The predicted octanol–water partition coefficient (Wildman–Crippen LogP) is 3.52. The molecule has 0 spiro atoms. The van der Waals surface area contributed by atoms with Gasteiger partial charge in [-0.1, -0.05) is 19.4 Å². The lowest BCUT2D eigenvalue weighted by Crippen LogP contribution is -2.44. The number of hydrogen-bond acceptors (Lipinski definition) is 5. The van der Waals surface area contributed by atoms with Crippen LogP contribution < -0.4 is 15.5 Å². The highest BCUT2D eigenvalue weighted by atomic mass is 32.1. The Kier molecular flexibility index (Phi) is 7.03. The van der Waals surface area contributed by atoms with Crippen LogP contribution in [0.5, 0.6) is 0 Å². The van der Waals surface area contributed by atoms with E-state index in [1.165, 1.54) is 24.2 Å². The van der Waals surface area contributed by atoms with E-state index in [-0.39, 0.29) is 18.2 Å². The molecule has 1 aliphatic heterocycles. The summed E-state index contributed by atoms with van der Waals surface area (Å²) in [6.07, 6.45) is 4.02. The minimum Gasteiger partial charge on any atom is -0.371 e. The number of anilines is 2. The van der Waals surface area contributed by atoms with Crippen LogP contribution in [0.15, 0.2) is 29.6 Å². The molecule has 1 aromatic carbocycles. The van der Waals surface area contributed by atoms with Crippen LogP contribution in [0.2, 0.25) is 0 Å². The molecule has 0 saturated carbocycles. The van der Waals surface area contributed by atoms with Gasteiger partial charge in [-0.3, -0.25) is 9.59 Å². The van der Waals surface area contributed by atoms with Gasteiger partial charge < -0.3 is 15.5 Å². The van der Waals surface area contributed by atoms with Crippen molar-refractivity contribution in [2.45, 2.75) is 52.0 Å². The second kappa shape index (κ2) is 9.68. The van der Waals surface area contributed by atoms with Crippen molar-refractivity contribution in [3.8, 4) is 0 Å². The second-order valence-electron chi connectivity index (χ2n) is 7.18. The summed E-state index contributed by atoms with van der Waals surface area (Å²) in [5.41, 5.74) is 2.64. The highest BCUT2D eigenvalue weighted by Gasteiger charge is 2.21. The summed E-state index contributed by atoms with van der Waals surface area (Å²) in [5, 5.41) is 8.66. The fourth-order valence-electron chi connectivity index (χ4n) is 3.44. The minimum atomic E-state index is -0.548. The molecule has 2 aromatic rings. The van der Waals surface area contributed by atoms with Crippen molar-refractivity contribution in [3.63, 3.8) is 0 Å². The standard InChI is InChI=1S/C21H28N4O2S/c1-3-7-19(24-20(26)13-17-14-28-15(2)22-17)21(27)23-16-8-6-9-18(12-16)25-10-4-5-11-25/h6,8-9,12,14,19H,3-5,7,10-11,13H2,1-2H3,(H,23,27)(H,24,26). The summed E-state index contributed by atoms with van der Waals surface area (Å²) in [6, 6.07) is 7.38. The van der Waals surface area contributed by atoms with E-state index < -0.39 is 6.04 Å². The van der Waals surface area contributed by atoms with Crippen molar-refractivity contribution in [3.05, 3.63) is 40.3 Å². The van der Waals surface area contributed by atoms with Crippen molar-refractivity contribution >= 4 is 34.5 Å². The van der Waals surface area contributed by atoms with Crippen molar-refractivity contribution in [2.24, 2.45) is 0 Å². The molecule has 150 valence electrons. The number of thiazole rings is 1. The molecule has 7 heteroatoms. The Hall–Kier alpha value is -2.41. The summed E-state index contributed by atoms with van der Waals surface area (Å²) in [5.74, 6) is -0.354. The van der Waals surface area contributed by atoms with E-state index in [1.54, 1.807) is 0 Å². The Labute approximate surface area is 170 Å². The summed E-state index contributed by atoms with van der Waals surface area (Å²) < 4.78 is 0. The van der Waals surface area contributed by atoms with Gasteiger partial charge in [0.2, 0.25) is 11.8 Å². The number of aromatic nitrogens is 1. The Morgan fingerprint density at radius 1 is 1.29 bits per heavy atom. The minimum absolute atomic E-state index is 0.176. The maximum Gasteiger partial charge on any atom is 0.246 e. The van der Waals surface area contributed by atoms with Crippen molar-refractivity contribution in [1.29, 1.82) is 0 Å². The first-order valence-electron chi connectivity index (χ1n) is 9.91. The fraction of sp³-hybridized carbons (Fsp3) is 0.476. The lowest BCUT2D eigenvalue weighted by molar-refractivity contribution is -0.126. The van der Waals surface area contributed by atoms with Gasteiger partial charge >= 0.3 is 0 Å². The van der Waals surface area contributed by atoms with Crippen LogP contribution in [0, 0.1) is 6.92 Å². The van der Waals surface area contributed by atoms with Gasteiger partial charge in [0, 0.05) is 29.8 Å². The van der Waals surface area contributed by atoms with Crippen LogP contribution in [0.4, 0.5) is 11.4 Å². The number of nitrogens with zero attached hydrogens (tertiary/aromatic N) is 2. The van der Waals surface area contributed by atoms with E-state index in [1.807, 2.05) is 37.4 Å². The first kappa shape index (κ1) is 20.3. The van der Waals surface area contributed by atoms with E-state index in [9.17, 15) is 9.59 Å². The smallest absolute Gasteiger partial charge is 0.246 e. The first-order chi connectivity index (χ1) is 13.5. The molecular weight excluding hydrogens is 372 g/mol. The molecule has 2 N–H and O–H groups in total. The Morgan fingerprint density at radius 3 is 2.75 bits per heavy atom. The van der Waals surface area contributed by atoms with Gasteiger partial charge in [0.15, 0.2) is 0 Å². The monoisotopic (exact) mass is 400 g/mol. The van der Waals surface area contributed by atoms with E-state index >= 15 is 0 Å². The molecule has 3 rings (SSSR count). The summed E-state index contributed by atoms with van der Waals surface area (Å²) >= 11 is 1.52. The molecule has 0 radical (unpaired) electrons. The quantitative estimate of drug-likeness (QED) is 0.711. The summed E-state index contributed by atoms with van der Waals surface area (Å²) in [6.45, 7) is 6.03. The molecule has 6 nitrogen and oxygen atoms in total. The number of rotatable bonds is 8. The van der Waals surface area contributed by atoms with Gasteiger partial charge in [-0.2, -0.15) is 0 Å². The average molecular weight is 401 g/mol. The van der Waals surface area contributed by atoms with Crippen molar-refractivity contribution in [1.82, 2.24) is 10.3 Å². The Morgan fingerprint density at radius 2 is 2.07 bits per heavy atom. The normalized spacial score (nSPS) is 14.7. The fourth-order valence-corrected chi connectivity index (χ4v) is 4.05. The van der Waals surface area contributed by atoms with Crippen molar-refractivity contribution < 1.29 is 9.59 Å². The number of amides is 2. The van der Waals surface area contributed by atoms with Crippen LogP contribution in [-0.2, 0) is 16.0 Å². The third-order valence-electron chi connectivity index (χ3n) is 4.82. The van der Waals surface area contributed by atoms with Crippen LogP contribution in [0.3, 0.4) is 0 Å². The molecule has 1 aromatic heterocycles. The Bertz CT molecular complexity index is 814. The third kappa shape index (κ3) is 5.55. The van der Waals surface area contributed by atoms with Crippen molar-refractivity contribution in [2.75, 3.05) is 23.3 Å². The first-order valence-corrected chi connectivity index (χ1v) is 10.8. The van der Waals surface area contributed by atoms with Gasteiger partial charge in [0.25, 0.3) is 0 Å². The molecule has 0 aliphatic carbocycles. The number of benzene rings is 1. The van der Waals surface area contributed by atoms with E-state index in [4.69, 9.17) is 0 Å². The Balaban J connectivity index is 1.60. The number of aryl methyl sites for hydroxylation is 1. The molecule has 2 heterocycles. The molecule has 2 amide bonds. The van der Waals surface area contributed by atoms with Crippen LogP contribution in [0.1, 0.15) is 43.3 Å².